The molecule has 4 rings (SSSR count). The van der Waals surface area contributed by atoms with Gasteiger partial charge in [0.2, 0.25) is 5.91 Å². The van der Waals surface area contributed by atoms with Gasteiger partial charge in [0.25, 0.3) is 0 Å². The average molecular weight is 327 g/mol. The lowest BCUT2D eigenvalue weighted by atomic mass is 9.92. The number of aryl methyl sites for hydroxylation is 2. The van der Waals surface area contributed by atoms with Gasteiger partial charge in [-0.1, -0.05) is 30.3 Å². The van der Waals surface area contributed by atoms with E-state index in [0.717, 1.165) is 19.4 Å². The fraction of sp³-hybridized carbons (Fsp3) is 0.444. The van der Waals surface area contributed by atoms with Crippen molar-refractivity contribution < 1.29 is 4.79 Å². The van der Waals surface area contributed by atoms with Crippen LogP contribution in [0.2, 0.25) is 0 Å². The van der Waals surface area contributed by atoms with Gasteiger partial charge >= 0.3 is 0 Å². The molecule has 4 nitrogen and oxygen atoms in total. The molecule has 5 heteroatoms. The van der Waals surface area contributed by atoms with E-state index in [1.807, 2.05) is 29.5 Å². The summed E-state index contributed by atoms with van der Waals surface area (Å²) in [5.41, 5.74) is 2.48. The highest BCUT2D eigenvalue weighted by Gasteiger charge is 2.29. The molecular formula is C18H21N3OS. The fourth-order valence-electron chi connectivity index (χ4n) is 3.53. The molecule has 1 aromatic heterocycles. The Morgan fingerprint density at radius 1 is 1.22 bits per heavy atom. The van der Waals surface area contributed by atoms with Gasteiger partial charge in [-0.2, -0.15) is 0 Å². The fourth-order valence-corrected chi connectivity index (χ4v) is 4.64. The summed E-state index contributed by atoms with van der Waals surface area (Å²) in [6.07, 6.45) is 5.05. The molecule has 0 radical (unpaired) electrons. The number of fused-ring (bicyclic) bond motifs is 1. The topological polar surface area (TPSA) is 54.0 Å². The van der Waals surface area contributed by atoms with Crippen LogP contribution in [-0.2, 0) is 24.2 Å². The van der Waals surface area contributed by atoms with Crippen molar-refractivity contribution in [1.29, 1.82) is 0 Å². The van der Waals surface area contributed by atoms with Gasteiger partial charge in [-0.25, -0.2) is 4.98 Å². The van der Waals surface area contributed by atoms with Crippen molar-refractivity contribution in [2.75, 3.05) is 0 Å². The highest BCUT2D eigenvalue weighted by atomic mass is 32.1. The molecule has 0 spiro atoms. The predicted molar refractivity (Wildman–Crippen MR) is 91.3 cm³/mol. The summed E-state index contributed by atoms with van der Waals surface area (Å²) in [5, 5.41) is 7.95. The van der Waals surface area contributed by atoms with Crippen molar-refractivity contribution in [3.63, 3.8) is 0 Å². The molecule has 2 N–H and O–H groups in total. The number of carbonyl (C=O) groups excluding carboxylic acids is 1. The number of carbonyl (C=O) groups is 1. The van der Waals surface area contributed by atoms with E-state index in [2.05, 4.69) is 22.8 Å². The van der Waals surface area contributed by atoms with Crippen molar-refractivity contribution in [2.45, 2.75) is 50.7 Å². The number of nitrogens with zero attached hydrogens (tertiary/aromatic N) is 1. The summed E-state index contributed by atoms with van der Waals surface area (Å²) < 4.78 is 0. The summed E-state index contributed by atoms with van der Waals surface area (Å²) >= 11 is 1.85. The van der Waals surface area contributed by atoms with Gasteiger partial charge in [-0.15, -0.1) is 11.3 Å². The lowest BCUT2D eigenvalue weighted by molar-refractivity contribution is -0.123. The number of aromatic nitrogens is 1. The zero-order valence-corrected chi connectivity index (χ0v) is 13.9. The third-order valence-electron chi connectivity index (χ3n) is 4.72. The molecule has 1 aliphatic heterocycles. The molecule has 0 saturated carbocycles. The lowest BCUT2D eigenvalue weighted by Crippen LogP contribution is -2.48. The number of thiazole rings is 1. The molecule has 0 unspecified atom stereocenters. The Labute approximate surface area is 140 Å². The number of nitrogens with one attached hydrogen (secondary N) is 2. The molecule has 2 atom stereocenters. The van der Waals surface area contributed by atoms with E-state index in [1.54, 1.807) is 0 Å². The van der Waals surface area contributed by atoms with Crippen LogP contribution in [0.15, 0.2) is 30.3 Å². The number of amides is 1. The number of hydrogen-bond donors (Lipinski definition) is 2. The van der Waals surface area contributed by atoms with Crippen molar-refractivity contribution >= 4 is 17.2 Å². The second-order valence-corrected chi connectivity index (χ2v) is 7.48. The molecule has 1 aromatic carbocycles. The van der Waals surface area contributed by atoms with Crippen molar-refractivity contribution in [3.05, 3.63) is 51.5 Å². The highest BCUT2D eigenvalue weighted by molar-refractivity contribution is 7.11. The SMILES string of the molecule is O=C1CC[C@@H](NCc2nc3c(s2)CCC3)[C@H](c2ccccc2)N1. The van der Waals surface area contributed by atoms with Crippen LogP contribution in [-0.4, -0.2) is 16.9 Å². The Kier molecular flexibility index (Phi) is 4.14. The Balaban J connectivity index is 1.46. The molecule has 2 heterocycles. The normalized spacial score (nSPS) is 23.6. The van der Waals surface area contributed by atoms with Gasteiger partial charge < -0.3 is 10.6 Å². The van der Waals surface area contributed by atoms with Crippen LogP contribution in [0, 0.1) is 0 Å². The Bertz CT molecular complexity index is 676. The highest BCUT2D eigenvalue weighted by Crippen LogP contribution is 2.28. The first-order valence-corrected chi connectivity index (χ1v) is 9.16. The number of rotatable bonds is 4. The van der Waals surface area contributed by atoms with Gasteiger partial charge in [-0.3, -0.25) is 4.79 Å². The number of hydrogen-bond acceptors (Lipinski definition) is 4. The van der Waals surface area contributed by atoms with Crippen molar-refractivity contribution in [3.8, 4) is 0 Å². The van der Waals surface area contributed by atoms with Crippen molar-refractivity contribution in [2.24, 2.45) is 0 Å². The van der Waals surface area contributed by atoms with Gasteiger partial charge in [0.05, 0.1) is 11.7 Å². The van der Waals surface area contributed by atoms with E-state index in [-0.39, 0.29) is 18.0 Å². The molecule has 2 aliphatic rings. The van der Waals surface area contributed by atoms with Gasteiger partial charge in [0.15, 0.2) is 0 Å². The molecular weight excluding hydrogens is 306 g/mol. The van der Waals surface area contributed by atoms with Crippen LogP contribution < -0.4 is 10.6 Å². The summed E-state index contributed by atoms with van der Waals surface area (Å²) in [4.78, 5) is 18.0. The van der Waals surface area contributed by atoms with E-state index in [1.165, 1.54) is 34.0 Å². The van der Waals surface area contributed by atoms with Crippen LogP contribution in [0.25, 0.3) is 0 Å². The first-order chi connectivity index (χ1) is 11.3. The largest absolute Gasteiger partial charge is 0.348 e. The monoisotopic (exact) mass is 327 g/mol. The summed E-state index contributed by atoms with van der Waals surface area (Å²) in [7, 11) is 0. The molecule has 0 bridgehead atoms. The predicted octanol–water partition coefficient (Wildman–Crippen LogP) is 2.74. The summed E-state index contributed by atoms with van der Waals surface area (Å²) in [5.74, 6) is 0.144. The first-order valence-electron chi connectivity index (χ1n) is 8.35. The second kappa shape index (κ2) is 6.42. The smallest absolute Gasteiger partial charge is 0.220 e. The Morgan fingerprint density at radius 3 is 2.91 bits per heavy atom. The van der Waals surface area contributed by atoms with Crippen LogP contribution in [0.5, 0.6) is 0 Å². The maximum absolute atomic E-state index is 11.8. The number of benzene rings is 1. The maximum Gasteiger partial charge on any atom is 0.220 e. The van der Waals surface area contributed by atoms with Crippen LogP contribution >= 0.6 is 11.3 Å². The standard InChI is InChI=1S/C18H21N3OS/c22-16-10-9-14(18(21-16)12-5-2-1-3-6-12)19-11-17-20-13-7-4-8-15(13)23-17/h1-3,5-6,14,18-19H,4,7-11H2,(H,21,22)/t14-,18+/m1/s1. The summed E-state index contributed by atoms with van der Waals surface area (Å²) in [6, 6.07) is 10.5. The molecule has 1 aliphatic carbocycles. The van der Waals surface area contributed by atoms with E-state index >= 15 is 0 Å². The molecule has 1 fully saturated rings. The molecule has 1 amide bonds. The van der Waals surface area contributed by atoms with E-state index in [4.69, 9.17) is 4.98 Å². The lowest BCUT2D eigenvalue weighted by Gasteiger charge is -2.33. The Hall–Kier alpha value is -1.72. The minimum atomic E-state index is 0.0456. The van der Waals surface area contributed by atoms with Crippen LogP contribution in [0.3, 0.4) is 0 Å². The minimum absolute atomic E-state index is 0.0456. The quantitative estimate of drug-likeness (QED) is 0.908. The van der Waals surface area contributed by atoms with Crippen LogP contribution in [0.4, 0.5) is 0 Å². The molecule has 120 valence electrons. The Morgan fingerprint density at radius 2 is 2.09 bits per heavy atom. The van der Waals surface area contributed by atoms with Gasteiger partial charge in [0.1, 0.15) is 5.01 Å². The number of piperidine rings is 1. The average Bonchev–Trinajstić information content (AvgIpc) is 3.16. The first kappa shape index (κ1) is 14.8. The summed E-state index contributed by atoms with van der Waals surface area (Å²) in [6.45, 7) is 0.793. The van der Waals surface area contributed by atoms with Crippen LogP contribution in [0.1, 0.15) is 46.4 Å². The maximum atomic E-state index is 11.8. The van der Waals surface area contributed by atoms with Crippen molar-refractivity contribution in [1.82, 2.24) is 15.6 Å². The second-order valence-electron chi connectivity index (χ2n) is 6.31. The van der Waals surface area contributed by atoms with E-state index < -0.39 is 0 Å². The minimum Gasteiger partial charge on any atom is -0.348 e. The third kappa shape index (κ3) is 3.16. The molecule has 23 heavy (non-hydrogen) atoms. The molecule has 1 saturated heterocycles. The van der Waals surface area contributed by atoms with Gasteiger partial charge in [-0.05, 0) is 31.2 Å². The van der Waals surface area contributed by atoms with E-state index in [9.17, 15) is 4.79 Å². The zero-order chi connectivity index (χ0) is 15.6. The zero-order valence-electron chi connectivity index (χ0n) is 13.0. The third-order valence-corrected chi connectivity index (χ3v) is 5.87. The molecule has 2 aromatic rings. The van der Waals surface area contributed by atoms with Gasteiger partial charge in [0, 0.05) is 23.9 Å². The van der Waals surface area contributed by atoms with E-state index in [0.29, 0.717) is 6.42 Å².